The first-order valence-electron chi connectivity index (χ1n) is 2.11. The van der Waals surface area contributed by atoms with Crippen molar-refractivity contribution < 1.29 is 4.84 Å². The van der Waals surface area contributed by atoms with Crippen molar-refractivity contribution in [2.75, 3.05) is 13.3 Å². The topological polar surface area (TPSA) is 57.5 Å². The van der Waals surface area contributed by atoms with Crippen LogP contribution in [0.15, 0.2) is 5.28 Å². The predicted molar refractivity (Wildman–Crippen MR) is 24.8 cm³/mol. The summed E-state index contributed by atoms with van der Waals surface area (Å²) in [6.07, 6.45) is 0. The van der Waals surface area contributed by atoms with Crippen molar-refractivity contribution in [2.45, 2.75) is 6.92 Å². The molecule has 4 heteroatoms. The maximum atomic E-state index is 6.14. The van der Waals surface area contributed by atoms with Crippen LogP contribution in [0.5, 0.6) is 0 Å². The van der Waals surface area contributed by atoms with Gasteiger partial charge in [-0.2, -0.15) is 5.53 Å². The molecule has 0 saturated heterocycles. The first-order chi connectivity index (χ1) is 3.41. The third kappa shape index (κ3) is 5.36. The Hall–Kier alpha value is -0.640. The van der Waals surface area contributed by atoms with Gasteiger partial charge in [-0.25, -0.2) is 0 Å². The molecule has 0 heterocycles. The fraction of sp³-hybridized carbons (Fsp3) is 1.00. The summed E-state index contributed by atoms with van der Waals surface area (Å²) in [5.41, 5.74) is 6.14. The zero-order chi connectivity index (χ0) is 5.54. The molecular formula is C3H9N3O. The lowest BCUT2D eigenvalue weighted by Gasteiger charge is -1.93. The van der Waals surface area contributed by atoms with Crippen LogP contribution in [-0.2, 0) is 4.84 Å². The lowest BCUT2D eigenvalue weighted by Crippen LogP contribution is -2.14. The fourth-order valence-electron chi connectivity index (χ4n) is 0.180. The van der Waals surface area contributed by atoms with E-state index in [-0.39, 0.29) is 0 Å². The van der Waals surface area contributed by atoms with E-state index >= 15 is 0 Å². The first kappa shape index (κ1) is 6.36. The molecule has 0 aliphatic heterocycles. The summed E-state index contributed by atoms with van der Waals surface area (Å²) in [7, 11) is 0. The molecule has 7 heavy (non-hydrogen) atoms. The van der Waals surface area contributed by atoms with Crippen molar-refractivity contribution in [3.63, 3.8) is 0 Å². The van der Waals surface area contributed by atoms with E-state index in [9.17, 15) is 0 Å². The summed E-state index contributed by atoms with van der Waals surface area (Å²) >= 11 is 0. The molecule has 0 amide bonds. The monoisotopic (exact) mass is 103 g/mol. The molecule has 0 aliphatic carbocycles. The molecule has 0 saturated carbocycles. The summed E-state index contributed by atoms with van der Waals surface area (Å²) in [5, 5.41) is 5.47. The zero-order valence-electron chi connectivity index (χ0n) is 4.27. The maximum Gasteiger partial charge on any atom is 0.170 e. The molecule has 0 spiro atoms. The Kier molecular flexibility index (Phi) is 4.87. The molecule has 0 aliphatic rings. The Labute approximate surface area is 42.3 Å². The smallest absolute Gasteiger partial charge is 0.170 e. The Bertz CT molecular complexity index is 47.4. The fourth-order valence-corrected chi connectivity index (χ4v) is 0.180. The molecule has 4 nitrogen and oxygen atoms in total. The lowest BCUT2D eigenvalue weighted by molar-refractivity contribution is 0.101. The van der Waals surface area contributed by atoms with Gasteiger partial charge in [0.15, 0.2) is 6.73 Å². The Morgan fingerprint density at radius 1 is 1.86 bits per heavy atom. The second kappa shape index (κ2) is 5.36. The summed E-state index contributed by atoms with van der Waals surface area (Å²) in [6, 6.07) is 0. The van der Waals surface area contributed by atoms with Gasteiger partial charge in [-0.15, -0.1) is 0 Å². The van der Waals surface area contributed by atoms with Crippen LogP contribution in [-0.4, -0.2) is 13.3 Å². The van der Waals surface area contributed by atoms with Crippen molar-refractivity contribution in [2.24, 2.45) is 5.28 Å². The van der Waals surface area contributed by atoms with Crippen LogP contribution in [0.1, 0.15) is 6.92 Å². The number of nitrogens with zero attached hydrogens (tertiary/aromatic N) is 1. The van der Waals surface area contributed by atoms with Crippen LogP contribution in [0.2, 0.25) is 0 Å². The minimum absolute atomic E-state index is 0.333. The average molecular weight is 103 g/mol. The van der Waals surface area contributed by atoms with Gasteiger partial charge < -0.3 is 4.84 Å². The van der Waals surface area contributed by atoms with E-state index in [0.29, 0.717) is 6.73 Å². The zero-order valence-corrected chi connectivity index (χ0v) is 4.27. The molecule has 0 aromatic rings. The maximum absolute atomic E-state index is 6.14. The predicted octanol–water partition coefficient (Wildman–Crippen LogP) is 0.516. The molecule has 0 aromatic carbocycles. The normalized spacial score (nSPS) is 8.14. The van der Waals surface area contributed by atoms with Crippen molar-refractivity contribution in [1.82, 2.24) is 5.32 Å². The van der Waals surface area contributed by atoms with Crippen LogP contribution in [0.3, 0.4) is 0 Å². The second-order valence-corrected chi connectivity index (χ2v) is 0.968. The van der Waals surface area contributed by atoms with Crippen LogP contribution < -0.4 is 5.32 Å². The minimum atomic E-state index is 0.333. The third-order valence-corrected chi connectivity index (χ3v) is 0.481. The van der Waals surface area contributed by atoms with Crippen molar-refractivity contribution in [3.8, 4) is 0 Å². The van der Waals surface area contributed by atoms with Gasteiger partial charge in [0.05, 0.1) is 0 Å². The van der Waals surface area contributed by atoms with Gasteiger partial charge in [0.1, 0.15) is 0 Å². The summed E-state index contributed by atoms with van der Waals surface area (Å²) in [4.78, 5) is 4.25. The Morgan fingerprint density at radius 3 is 3.00 bits per heavy atom. The minimum Gasteiger partial charge on any atom is -0.364 e. The molecule has 42 valence electrons. The van der Waals surface area contributed by atoms with E-state index in [1.807, 2.05) is 6.92 Å². The highest BCUT2D eigenvalue weighted by molar-refractivity contribution is 4.23. The molecular weight excluding hydrogens is 94.1 g/mol. The van der Waals surface area contributed by atoms with E-state index in [1.54, 1.807) is 0 Å². The van der Waals surface area contributed by atoms with Gasteiger partial charge in [-0.05, 0) is 6.54 Å². The summed E-state index contributed by atoms with van der Waals surface area (Å²) in [6.45, 7) is 3.13. The van der Waals surface area contributed by atoms with E-state index in [0.717, 1.165) is 6.54 Å². The van der Waals surface area contributed by atoms with Crippen molar-refractivity contribution >= 4 is 0 Å². The molecule has 0 fully saturated rings. The van der Waals surface area contributed by atoms with Gasteiger partial charge in [0.2, 0.25) is 0 Å². The molecule has 0 unspecified atom stereocenters. The third-order valence-electron chi connectivity index (χ3n) is 0.481. The van der Waals surface area contributed by atoms with E-state index in [4.69, 9.17) is 5.53 Å². The van der Waals surface area contributed by atoms with E-state index in [2.05, 4.69) is 15.4 Å². The van der Waals surface area contributed by atoms with Gasteiger partial charge >= 0.3 is 0 Å². The number of hydrogen-bond donors (Lipinski definition) is 2. The SMILES string of the molecule is CCNCON=N. The van der Waals surface area contributed by atoms with Crippen molar-refractivity contribution in [3.05, 3.63) is 0 Å². The quantitative estimate of drug-likeness (QED) is 0.236. The molecule has 2 N–H and O–H groups in total. The van der Waals surface area contributed by atoms with E-state index in [1.165, 1.54) is 0 Å². The van der Waals surface area contributed by atoms with Crippen LogP contribution in [0.4, 0.5) is 0 Å². The molecule has 0 aromatic heterocycles. The average Bonchev–Trinajstić information content (AvgIpc) is 1.69. The van der Waals surface area contributed by atoms with Gasteiger partial charge in [-0.3, -0.25) is 5.32 Å². The first-order valence-corrected chi connectivity index (χ1v) is 2.11. The number of hydrogen-bond acceptors (Lipinski definition) is 4. The lowest BCUT2D eigenvalue weighted by atomic mass is 10.8. The number of rotatable bonds is 4. The highest BCUT2D eigenvalue weighted by atomic mass is 16.6. The molecule has 0 rings (SSSR count). The van der Waals surface area contributed by atoms with E-state index < -0.39 is 0 Å². The largest absolute Gasteiger partial charge is 0.364 e. The summed E-state index contributed by atoms with van der Waals surface area (Å²) < 4.78 is 0. The van der Waals surface area contributed by atoms with Crippen LogP contribution in [0, 0.1) is 5.53 Å². The Morgan fingerprint density at radius 2 is 2.57 bits per heavy atom. The Balaban J connectivity index is 2.56. The highest BCUT2D eigenvalue weighted by Gasteiger charge is 1.74. The van der Waals surface area contributed by atoms with Gasteiger partial charge in [0, 0.05) is 5.28 Å². The van der Waals surface area contributed by atoms with Crippen LogP contribution in [0.25, 0.3) is 0 Å². The number of nitrogens with one attached hydrogen (secondary N) is 2. The van der Waals surface area contributed by atoms with Gasteiger partial charge in [0.25, 0.3) is 0 Å². The highest BCUT2D eigenvalue weighted by Crippen LogP contribution is 1.65. The van der Waals surface area contributed by atoms with Crippen molar-refractivity contribution in [1.29, 1.82) is 5.53 Å². The second-order valence-electron chi connectivity index (χ2n) is 0.968. The molecule has 0 atom stereocenters. The molecule has 0 bridgehead atoms. The standard InChI is InChI=1S/C3H9N3O/c1-2-5-3-7-6-4/h4-5H,2-3H2,1H3. The molecule has 0 radical (unpaired) electrons. The van der Waals surface area contributed by atoms with Gasteiger partial charge in [-0.1, -0.05) is 6.92 Å². The van der Waals surface area contributed by atoms with Crippen LogP contribution >= 0.6 is 0 Å². The summed E-state index contributed by atoms with van der Waals surface area (Å²) in [5.74, 6) is 0.